The van der Waals surface area contributed by atoms with E-state index in [2.05, 4.69) is 20.6 Å². The Bertz CT molecular complexity index is 997. The van der Waals surface area contributed by atoms with E-state index in [4.69, 9.17) is 9.15 Å². The summed E-state index contributed by atoms with van der Waals surface area (Å²) in [7, 11) is 1.64. The van der Waals surface area contributed by atoms with Gasteiger partial charge in [0.25, 0.3) is 0 Å². The first-order valence-corrected chi connectivity index (χ1v) is 9.57. The molecule has 1 aromatic heterocycles. The molecule has 0 aliphatic rings. The molecular formula is C22H23F3N4O2. The van der Waals surface area contributed by atoms with Gasteiger partial charge in [0, 0.05) is 19.2 Å². The zero-order chi connectivity index (χ0) is 22.3. The number of ether oxygens (including phenoxy) is 1. The minimum atomic E-state index is -4.36. The van der Waals surface area contributed by atoms with E-state index in [0.717, 1.165) is 11.1 Å². The Morgan fingerprint density at radius 3 is 2.35 bits per heavy atom. The lowest BCUT2D eigenvalue weighted by Crippen LogP contribution is -2.36. The number of hydrogen-bond acceptors (Lipinski definition) is 4. The molecule has 0 unspecified atom stereocenters. The van der Waals surface area contributed by atoms with Crippen LogP contribution in [0.3, 0.4) is 0 Å². The van der Waals surface area contributed by atoms with E-state index >= 15 is 0 Å². The van der Waals surface area contributed by atoms with E-state index in [1.165, 1.54) is 17.7 Å². The number of nitrogens with one attached hydrogen (secondary N) is 2. The number of guanidine groups is 1. The summed E-state index contributed by atoms with van der Waals surface area (Å²) in [6.45, 7) is 1.48. The number of aromatic nitrogens is 1. The lowest BCUT2D eigenvalue weighted by molar-refractivity contribution is -0.153. The number of aryl methyl sites for hydroxylation is 1. The van der Waals surface area contributed by atoms with Crippen molar-refractivity contribution in [3.8, 4) is 17.1 Å². The SMILES string of the molecule is CN=C(NCc1ccc(OCC(F)(F)F)cc1)NCc1ncc(-c2ccc(C)cc2)o1. The van der Waals surface area contributed by atoms with Gasteiger partial charge >= 0.3 is 6.18 Å². The van der Waals surface area contributed by atoms with Crippen LogP contribution >= 0.6 is 0 Å². The van der Waals surface area contributed by atoms with Gasteiger partial charge in [0.15, 0.2) is 18.3 Å². The third kappa shape index (κ3) is 7.06. The highest BCUT2D eigenvalue weighted by molar-refractivity contribution is 5.79. The zero-order valence-corrected chi connectivity index (χ0v) is 17.2. The first-order chi connectivity index (χ1) is 14.8. The maximum absolute atomic E-state index is 12.2. The van der Waals surface area contributed by atoms with Gasteiger partial charge in [-0.25, -0.2) is 4.98 Å². The number of hydrogen-bond donors (Lipinski definition) is 2. The van der Waals surface area contributed by atoms with Crippen molar-refractivity contribution in [1.29, 1.82) is 0 Å². The van der Waals surface area contributed by atoms with Crippen LogP contribution in [-0.2, 0) is 13.1 Å². The molecule has 3 aromatic rings. The summed E-state index contributed by atoms with van der Waals surface area (Å²) in [5.74, 6) is 1.90. The zero-order valence-electron chi connectivity index (χ0n) is 17.2. The first-order valence-electron chi connectivity index (χ1n) is 9.57. The molecule has 0 aliphatic carbocycles. The highest BCUT2D eigenvalue weighted by Gasteiger charge is 2.28. The molecule has 31 heavy (non-hydrogen) atoms. The van der Waals surface area contributed by atoms with Crippen LogP contribution in [0.1, 0.15) is 17.0 Å². The molecule has 0 aliphatic heterocycles. The molecule has 2 aromatic carbocycles. The van der Waals surface area contributed by atoms with E-state index in [1.807, 2.05) is 31.2 Å². The molecule has 0 bridgehead atoms. The van der Waals surface area contributed by atoms with Crippen LogP contribution in [-0.4, -0.2) is 30.8 Å². The van der Waals surface area contributed by atoms with Crippen molar-refractivity contribution in [2.75, 3.05) is 13.7 Å². The second kappa shape index (κ2) is 10.0. The Hall–Kier alpha value is -3.49. The fraction of sp³-hybridized carbons (Fsp3) is 0.273. The third-order valence-electron chi connectivity index (χ3n) is 4.31. The molecule has 0 atom stereocenters. The number of benzene rings is 2. The minimum absolute atomic E-state index is 0.164. The van der Waals surface area contributed by atoms with Gasteiger partial charge in [0.2, 0.25) is 5.89 Å². The average Bonchev–Trinajstić information content (AvgIpc) is 3.22. The number of rotatable bonds is 7. The Morgan fingerprint density at radius 1 is 1.03 bits per heavy atom. The molecule has 0 saturated heterocycles. The fourth-order valence-electron chi connectivity index (χ4n) is 2.68. The van der Waals surface area contributed by atoms with Crippen LogP contribution in [0.5, 0.6) is 5.75 Å². The predicted octanol–water partition coefficient (Wildman–Crippen LogP) is 4.46. The van der Waals surface area contributed by atoms with Crippen LogP contribution in [0.25, 0.3) is 11.3 Å². The van der Waals surface area contributed by atoms with Crippen molar-refractivity contribution in [3.63, 3.8) is 0 Å². The van der Waals surface area contributed by atoms with Crippen molar-refractivity contribution in [2.24, 2.45) is 4.99 Å². The van der Waals surface area contributed by atoms with Crippen molar-refractivity contribution < 1.29 is 22.3 Å². The number of nitrogens with zero attached hydrogens (tertiary/aromatic N) is 2. The van der Waals surface area contributed by atoms with E-state index in [-0.39, 0.29) is 5.75 Å². The van der Waals surface area contributed by atoms with Crippen LogP contribution in [0.2, 0.25) is 0 Å². The summed E-state index contributed by atoms with van der Waals surface area (Å²) < 4.78 is 47.1. The van der Waals surface area contributed by atoms with Gasteiger partial charge in [-0.3, -0.25) is 4.99 Å². The maximum atomic E-state index is 12.2. The molecule has 164 valence electrons. The van der Waals surface area contributed by atoms with Gasteiger partial charge in [0.1, 0.15) is 5.75 Å². The van der Waals surface area contributed by atoms with Gasteiger partial charge in [-0.2, -0.15) is 13.2 Å². The summed E-state index contributed by atoms with van der Waals surface area (Å²) in [5, 5.41) is 6.24. The average molecular weight is 432 g/mol. The van der Waals surface area contributed by atoms with Crippen LogP contribution in [0, 0.1) is 6.92 Å². The normalized spacial score (nSPS) is 12.0. The Labute approximate surface area is 178 Å². The number of alkyl halides is 3. The summed E-state index contributed by atoms with van der Waals surface area (Å²) >= 11 is 0. The van der Waals surface area contributed by atoms with E-state index in [0.29, 0.717) is 30.7 Å². The summed E-state index contributed by atoms with van der Waals surface area (Å²) in [5.41, 5.74) is 2.98. The smallest absolute Gasteiger partial charge is 0.422 e. The van der Waals surface area contributed by atoms with Crippen LogP contribution in [0.4, 0.5) is 13.2 Å². The molecule has 6 nitrogen and oxygen atoms in total. The summed E-state index contributed by atoms with van der Waals surface area (Å²) in [6.07, 6.45) is -2.68. The quantitative estimate of drug-likeness (QED) is 0.426. The van der Waals surface area contributed by atoms with E-state index in [1.54, 1.807) is 25.4 Å². The second-order valence-electron chi connectivity index (χ2n) is 6.81. The lowest BCUT2D eigenvalue weighted by atomic mass is 10.1. The molecule has 0 amide bonds. The Morgan fingerprint density at radius 2 is 1.71 bits per heavy atom. The van der Waals surface area contributed by atoms with E-state index in [9.17, 15) is 13.2 Å². The molecule has 0 radical (unpaired) electrons. The molecule has 9 heteroatoms. The number of halogens is 3. The standard InChI is InChI=1S/C22H23F3N4O2/c1-15-3-7-17(8-4-15)19-12-27-20(31-19)13-29-21(26-2)28-11-16-5-9-18(10-6-16)30-14-22(23,24)25/h3-10,12H,11,13-14H2,1-2H3,(H2,26,28,29). The largest absolute Gasteiger partial charge is 0.484 e. The highest BCUT2D eigenvalue weighted by Crippen LogP contribution is 2.21. The number of oxazole rings is 1. The van der Waals surface area contributed by atoms with E-state index < -0.39 is 12.8 Å². The van der Waals surface area contributed by atoms with Crippen molar-refractivity contribution >= 4 is 5.96 Å². The topological polar surface area (TPSA) is 71.7 Å². The van der Waals surface area contributed by atoms with Crippen LogP contribution < -0.4 is 15.4 Å². The molecule has 0 fully saturated rings. The molecule has 0 spiro atoms. The van der Waals surface area contributed by atoms with Gasteiger partial charge in [-0.05, 0) is 24.6 Å². The van der Waals surface area contributed by atoms with Crippen molar-refractivity contribution in [3.05, 3.63) is 71.7 Å². The third-order valence-corrected chi connectivity index (χ3v) is 4.31. The van der Waals surface area contributed by atoms with Crippen molar-refractivity contribution in [1.82, 2.24) is 15.6 Å². The highest BCUT2D eigenvalue weighted by atomic mass is 19.4. The van der Waals surface area contributed by atoms with Gasteiger partial charge < -0.3 is 19.8 Å². The lowest BCUT2D eigenvalue weighted by Gasteiger charge is -2.12. The molecule has 0 saturated carbocycles. The molecule has 3 rings (SSSR count). The Kier molecular flexibility index (Phi) is 7.17. The molecular weight excluding hydrogens is 409 g/mol. The maximum Gasteiger partial charge on any atom is 0.422 e. The summed E-state index contributed by atoms with van der Waals surface area (Å²) in [6, 6.07) is 14.4. The Balaban J connectivity index is 1.47. The van der Waals surface area contributed by atoms with Gasteiger partial charge in [-0.15, -0.1) is 0 Å². The van der Waals surface area contributed by atoms with Gasteiger partial charge in [0.05, 0.1) is 12.7 Å². The summed E-state index contributed by atoms with van der Waals surface area (Å²) in [4.78, 5) is 8.42. The molecule has 2 N–H and O–H groups in total. The molecule has 1 heterocycles. The van der Waals surface area contributed by atoms with Gasteiger partial charge in [-0.1, -0.05) is 42.0 Å². The second-order valence-corrected chi connectivity index (χ2v) is 6.81. The minimum Gasteiger partial charge on any atom is -0.484 e. The van der Waals surface area contributed by atoms with Crippen molar-refractivity contribution in [2.45, 2.75) is 26.2 Å². The predicted molar refractivity (Wildman–Crippen MR) is 112 cm³/mol. The first kappa shape index (κ1) is 22.2. The number of aliphatic imine (C=N–C) groups is 1. The monoisotopic (exact) mass is 432 g/mol. The van der Waals surface area contributed by atoms with Crippen LogP contribution in [0.15, 0.2) is 64.1 Å². The fourth-order valence-corrected chi connectivity index (χ4v) is 2.68.